The predicted octanol–water partition coefficient (Wildman–Crippen LogP) is 3.52. The topological polar surface area (TPSA) is 47.6 Å². The van der Waals surface area contributed by atoms with Crippen molar-refractivity contribution in [3.63, 3.8) is 0 Å². The zero-order chi connectivity index (χ0) is 17.4. The Labute approximate surface area is 143 Å². The molecule has 0 fully saturated rings. The van der Waals surface area contributed by atoms with E-state index >= 15 is 0 Å². The summed E-state index contributed by atoms with van der Waals surface area (Å²) < 4.78 is 11.3. The van der Waals surface area contributed by atoms with Crippen molar-refractivity contribution < 1.29 is 14.3 Å². The number of amides is 1. The van der Waals surface area contributed by atoms with Gasteiger partial charge in [-0.1, -0.05) is 31.2 Å². The largest absolute Gasteiger partial charge is 0.492 e. The van der Waals surface area contributed by atoms with Crippen LogP contribution < -0.4 is 14.8 Å². The van der Waals surface area contributed by atoms with Gasteiger partial charge in [0.05, 0.1) is 6.54 Å². The van der Waals surface area contributed by atoms with Crippen LogP contribution in [0.2, 0.25) is 0 Å². The van der Waals surface area contributed by atoms with E-state index in [-0.39, 0.29) is 5.91 Å². The zero-order valence-corrected chi connectivity index (χ0v) is 14.5. The maximum absolute atomic E-state index is 12.0. The molecule has 1 atom stereocenters. The second-order valence-electron chi connectivity index (χ2n) is 5.71. The number of hydrogen-bond acceptors (Lipinski definition) is 3. The number of carbonyl (C=O) groups is 1. The molecular weight excluding hydrogens is 302 g/mol. The normalized spacial score (nSPS) is 11.6. The minimum atomic E-state index is -0.546. The minimum absolute atomic E-state index is 0.151. The lowest BCUT2D eigenvalue weighted by atomic mass is 10.2. The van der Waals surface area contributed by atoms with Crippen molar-refractivity contribution in [2.45, 2.75) is 33.3 Å². The Morgan fingerprint density at radius 1 is 1.12 bits per heavy atom. The maximum Gasteiger partial charge on any atom is 0.260 e. The number of benzene rings is 2. The van der Waals surface area contributed by atoms with Crippen molar-refractivity contribution >= 4 is 5.91 Å². The lowest BCUT2D eigenvalue weighted by Crippen LogP contribution is -2.38. The Hall–Kier alpha value is -2.49. The van der Waals surface area contributed by atoms with Crippen LogP contribution in [0.5, 0.6) is 11.5 Å². The van der Waals surface area contributed by atoms with Gasteiger partial charge in [-0.15, -0.1) is 0 Å². The van der Waals surface area contributed by atoms with Gasteiger partial charge in [0, 0.05) is 0 Å². The molecule has 2 aromatic rings. The van der Waals surface area contributed by atoms with Gasteiger partial charge in [0.15, 0.2) is 6.10 Å². The van der Waals surface area contributed by atoms with Crippen LogP contribution in [-0.4, -0.2) is 25.2 Å². The molecule has 1 amide bonds. The third-order valence-electron chi connectivity index (χ3n) is 3.67. The van der Waals surface area contributed by atoms with Crippen LogP contribution in [-0.2, 0) is 11.2 Å². The molecular formula is C20H25NO3. The zero-order valence-electron chi connectivity index (χ0n) is 14.5. The Morgan fingerprint density at radius 2 is 1.88 bits per heavy atom. The Kier molecular flexibility index (Phi) is 6.67. The van der Waals surface area contributed by atoms with E-state index in [0.717, 1.165) is 17.7 Å². The van der Waals surface area contributed by atoms with Crippen molar-refractivity contribution in [1.82, 2.24) is 5.32 Å². The van der Waals surface area contributed by atoms with Gasteiger partial charge in [0.25, 0.3) is 5.91 Å². The minimum Gasteiger partial charge on any atom is -0.492 e. The first-order chi connectivity index (χ1) is 11.6. The van der Waals surface area contributed by atoms with Gasteiger partial charge >= 0.3 is 0 Å². The second-order valence-corrected chi connectivity index (χ2v) is 5.71. The first kappa shape index (κ1) is 17.9. The summed E-state index contributed by atoms with van der Waals surface area (Å²) >= 11 is 0. The molecule has 0 aliphatic rings. The summed E-state index contributed by atoms with van der Waals surface area (Å²) in [5.74, 6) is 1.36. The summed E-state index contributed by atoms with van der Waals surface area (Å²) in [5, 5.41) is 2.82. The van der Waals surface area contributed by atoms with E-state index in [9.17, 15) is 4.79 Å². The predicted molar refractivity (Wildman–Crippen MR) is 95.6 cm³/mol. The van der Waals surface area contributed by atoms with Crippen molar-refractivity contribution in [3.8, 4) is 11.5 Å². The molecule has 2 rings (SSSR count). The standard InChI is InChI=1S/C20H25NO3/c1-4-17-8-10-18(11-9-17)23-13-12-21-20(22)16(3)24-19-7-5-6-15(2)14-19/h5-11,14,16H,4,12-13H2,1-3H3,(H,21,22)/t16-/m1/s1. The van der Waals surface area contributed by atoms with Crippen molar-refractivity contribution in [1.29, 1.82) is 0 Å². The molecule has 24 heavy (non-hydrogen) atoms. The summed E-state index contributed by atoms with van der Waals surface area (Å²) in [6.45, 7) is 6.71. The summed E-state index contributed by atoms with van der Waals surface area (Å²) in [5.41, 5.74) is 2.38. The molecule has 0 aliphatic carbocycles. The average molecular weight is 327 g/mol. The van der Waals surface area contributed by atoms with Gasteiger partial charge in [0.2, 0.25) is 0 Å². The highest BCUT2D eigenvalue weighted by Crippen LogP contribution is 2.14. The lowest BCUT2D eigenvalue weighted by Gasteiger charge is -2.15. The van der Waals surface area contributed by atoms with Gasteiger partial charge in [-0.05, 0) is 55.7 Å². The molecule has 2 aromatic carbocycles. The quantitative estimate of drug-likeness (QED) is 0.755. The summed E-state index contributed by atoms with van der Waals surface area (Å²) in [4.78, 5) is 12.0. The highest BCUT2D eigenvalue weighted by molar-refractivity contribution is 5.80. The molecule has 0 aromatic heterocycles. The van der Waals surface area contributed by atoms with E-state index in [4.69, 9.17) is 9.47 Å². The van der Waals surface area contributed by atoms with Crippen LogP contribution in [0.15, 0.2) is 48.5 Å². The van der Waals surface area contributed by atoms with Crippen LogP contribution in [0.25, 0.3) is 0 Å². The molecule has 0 aliphatic heterocycles. The van der Waals surface area contributed by atoms with Crippen molar-refractivity contribution in [2.75, 3.05) is 13.2 Å². The van der Waals surface area contributed by atoms with Crippen molar-refractivity contribution in [2.24, 2.45) is 0 Å². The van der Waals surface area contributed by atoms with Gasteiger partial charge in [-0.25, -0.2) is 0 Å². The molecule has 0 saturated carbocycles. The summed E-state index contributed by atoms with van der Waals surface area (Å²) in [6, 6.07) is 15.6. The van der Waals surface area contributed by atoms with Gasteiger partial charge in [-0.3, -0.25) is 4.79 Å². The Balaban J connectivity index is 1.70. The lowest BCUT2D eigenvalue weighted by molar-refractivity contribution is -0.127. The number of ether oxygens (including phenoxy) is 2. The van der Waals surface area contributed by atoms with Crippen LogP contribution in [0.1, 0.15) is 25.0 Å². The average Bonchev–Trinajstić information content (AvgIpc) is 2.59. The van der Waals surface area contributed by atoms with Gasteiger partial charge in [-0.2, -0.15) is 0 Å². The molecule has 128 valence electrons. The van der Waals surface area contributed by atoms with E-state index in [2.05, 4.69) is 12.2 Å². The highest BCUT2D eigenvalue weighted by Gasteiger charge is 2.14. The Bertz CT molecular complexity index is 652. The van der Waals surface area contributed by atoms with Gasteiger partial charge < -0.3 is 14.8 Å². The number of rotatable bonds is 8. The number of hydrogen-bond donors (Lipinski definition) is 1. The van der Waals surface area contributed by atoms with Crippen molar-refractivity contribution in [3.05, 3.63) is 59.7 Å². The molecule has 0 radical (unpaired) electrons. The third-order valence-corrected chi connectivity index (χ3v) is 3.67. The molecule has 0 unspecified atom stereocenters. The molecule has 4 nitrogen and oxygen atoms in total. The van der Waals surface area contributed by atoms with Crippen LogP contribution in [0, 0.1) is 6.92 Å². The van der Waals surface area contributed by atoms with E-state index in [0.29, 0.717) is 18.9 Å². The summed E-state index contributed by atoms with van der Waals surface area (Å²) in [7, 11) is 0. The van der Waals surface area contributed by atoms with E-state index in [1.165, 1.54) is 5.56 Å². The van der Waals surface area contributed by atoms with E-state index in [1.54, 1.807) is 6.92 Å². The molecule has 4 heteroatoms. The summed E-state index contributed by atoms with van der Waals surface area (Å²) in [6.07, 6.45) is 0.463. The first-order valence-corrected chi connectivity index (χ1v) is 8.31. The fourth-order valence-electron chi connectivity index (χ4n) is 2.25. The third kappa shape index (κ3) is 5.61. The molecule has 0 saturated heterocycles. The SMILES string of the molecule is CCc1ccc(OCCNC(=O)[C@@H](C)Oc2cccc(C)c2)cc1. The fourth-order valence-corrected chi connectivity index (χ4v) is 2.25. The molecule has 0 spiro atoms. The molecule has 1 N–H and O–H groups in total. The molecule has 0 heterocycles. The highest BCUT2D eigenvalue weighted by atomic mass is 16.5. The van der Waals surface area contributed by atoms with Gasteiger partial charge in [0.1, 0.15) is 18.1 Å². The second kappa shape index (κ2) is 8.96. The van der Waals surface area contributed by atoms with Crippen LogP contribution in [0.4, 0.5) is 0 Å². The smallest absolute Gasteiger partial charge is 0.260 e. The van der Waals surface area contributed by atoms with Crippen LogP contribution in [0.3, 0.4) is 0 Å². The Morgan fingerprint density at radius 3 is 2.54 bits per heavy atom. The number of nitrogens with one attached hydrogen (secondary N) is 1. The monoisotopic (exact) mass is 327 g/mol. The van der Waals surface area contributed by atoms with E-state index in [1.807, 2.05) is 55.5 Å². The maximum atomic E-state index is 12.0. The number of carbonyl (C=O) groups excluding carboxylic acids is 1. The molecule has 0 bridgehead atoms. The fraction of sp³-hybridized carbons (Fsp3) is 0.350. The van der Waals surface area contributed by atoms with Crippen LogP contribution >= 0.6 is 0 Å². The number of aryl methyl sites for hydroxylation is 2. The first-order valence-electron chi connectivity index (χ1n) is 8.31. The van der Waals surface area contributed by atoms with E-state index < -0.39 is 6.10 Å².